The standard InChI is InChI=1S/C22H27NO/c1-16(21-10-6-19(7-11-21)14-18(3)24)4-5-17(2)22-12-8-20(15-23)9-13-22/h6-13,16-18,24H,4-5,14H2,1-3H3. The van der Waals surface area contributed by atoms with E-state index in [2.05, 4.69) is 56.3 Å². The minimum absolute atomic E-state index is 0.290. The zero-order chi connectivity index (χ0) is 17.5. The second kappa shape index (κ2) is 8.66. The molecule has 2 rings (SSSR count). The third-order valence-electron chi connectivity index (χ3n) is 4.72. The zero-order valence-corrected chi connectivity index (χ0v) is 14.9. The van der Waals surface area contributed by atoms with E-state index in [-0.39, 0.29) is 6.10 Å². The van der Waals surface area contributed by atoms with Crippen molar-refractivity contribution in [2.45, 2.75) is 58.0 Å². The second-order valence-electron chi connectivity index (χ2n) is 6.91. The molecular weight excluding hydrogens is 294 g/mol. The maximum Gasteiger partial charge on any atom is 0.0991 e. The van der Waals surface area contributed by atoms with Crippen molar-refractivity contribution in [1.82, 2.24) is 0 Å². The van der Waals surface area contributed by atoms with E-state index < -0.39 is 0 Å². The van der Waals surface area contributed by atoms with Crippen LogP contribution in [-0.2, 0) is 6.42 Å². The van der Waals surface area contributed by atoms with Crippen molar-refractivity contribution in [3.05, 3.63) is 70.8 Å². The quantitative estimate of drug-likeness (QED) is 0.764. The molecule has 3 unspecified atom stereocenters. The summed E-state index contributed by atoms with van der Waals surface area (Å²) >= 11 is 0. The van der Waals surface area contributed by atoms with Crippen molar-refractivity contribution in [1.29, 1.82) is 5.26 Å². The molecule has 0 bridgehead atoms. The Balaban J connectivity index is 1.89. The highest BCUT2D eigenvalue weighted by Gasteiger charge is 2.11. The lowest BCUT2D eigenvalue weighted by atomic mass is 9.88. The van der Waals surface area contributed by atoms with Crippen molar-refractivity contribution >= 4 is 0 Å². The summed E-state index contributed by atoms with van der Waals surface area (Å²) in [7, 11) is 0. The molecule has 0 aliphatic carbocycles. The smallest absolute Gasteiger partial charge is 0.0991 e. The van der Waals surface area contributed by atoms with E-state index in [0.29, 0.717) is 18.3 Å². The fourth-order valence-electron chi connectivity index (χ4n) is 3.04. The van der Waals surface area contributed by atoms with E-state index in [1.165, 1.54) is 16.7 Å². The fraction of sp³-hybridized carbons (Fsp3) is 0.409. The summed E-state index contributed by atoms with van der Waals surface area (Å²) < 4.78 is 0. The van der Waals surface area contributed by atoms with Gasteiger partial charge in [-0.25, -0.2) is 0 Å². The lowest BCUT2D eigenvalue weighted by Gasteiger charge is -2.17. The van der Waals surface area contributed by atoms with Crippen LogP contribution in [-0.4, -0.2) is 11.2 Å². The van der Waals surface area contributed by atoms with Gasteiger partial charge in [0.05, 0.1) is 17.7 Å². The van der Waals surface area contributed by atoms with Gasteiger partial charge in [0, 0.05) is 0 Å². The first-order valence-corrected chi connectivity index (χ1v) is 8.76. The van der Waals surface area contributed by atoms with Gasteiger partial charge in [-0.3, -0.25) is 0 Å². The number of hydrogen-bond acceptors (Lipinski definition) is 2. The molecule has 0 aromatic heterocycles. The summed E-state index contributed by atoms with van der Waals surface area (Å²) in [6.45, 7) is 6.34. The summed E-state index contributed by atoms with van der Waals surface area (Å²) in [5, 5.41) is 18.3. The number of benzene rings is 2. The molecule has 0 saturated carbocycles. The number of rotatable bonds is 7. The molecule has 0 radical (unpaired) electrons. The van der Waals surface area contributed by atoms with Crippen LogP contribution in [0.2, 0.25) is 0 Å². The number of nitriles is 1. The van der Waals surface area contributed by atoms with Gasteiger partial charge in [-0.1, -0.05) is 50.2 Å². The highest BCUT2D eigenvalue weighted by molar-refractivity contribution is 5.33. The molecule has 2 heteroatoms. The van der Waals surface area contributed by atoms with E-state index >= 15 is 0 Å². The van der Waals surface area contributed by atoms with Gasteiger partial charge >= 0.3 is 0 Å². The Bertz CT molecular complexity index is 665. The predicted molar refractivity (Wildman–Crippen MR) is 99.0 cm³/mol. The fourth-order valence-corrected chi connectivity index (χ4v) is 3.04. The molecule has 0 spiro atoms. The lowest BCUT2D eigenvalue weighted by Crippen LogP contribution is -2.04. The third-order valence-corrected chi connectivity index (χ3v) is 4.72. The molecule has 24 heavy (non-hydrogen) atoms. The van der Waals surface area contributed by atoms with Crippen LogP contribution in [0.15, 0.2) is 48.5 Å². The highest BCUT2D eigenvalue weighted by atomic mass is 16.3. The number of nitrogens with zero attached hydrogens (tertiary/aromatic N) is 1. The van der Waals surface area contributed by atoms with Crippen LogP contribution in [0.5, 0.6) is 0 Å². The van der Waals surface area contributed by atoms with E-state index in [4.69, 9.17) is 5.26 Å². The minimum atomic E-state index is -0.290. The van der Waals surface area contributed by atoms with Crippen molar-refractivity contribution in [2.75, 3.05) is 0 Å². The Morgan fingerprint density at radius 3 is 1.71 bits per heavy atom. The van der Waals surface area contributed by atoms with Crippen LogP contribution in [0.1, 0.15) is 67.7 Å². The first-order valence-electron chi connectivity index (χ1n) is 8.76. The SMILES string of the molecule is CC(O)Cc1ccc(C(C)CCC(C)c2ccc(C#N)cc2)cc1. The lowest BCUT2D eigenvalue weighted by molar-refractivity contribution is 0.195. The van der Waals surface area contributed by atoms with Gasteiger partial charge < -0.3 is 5.11 Å². The van der Waals surface area contributed by atoms with Gasteiger partial charge in [-0.05, 0) is 66.8 Å². The summed E-state index contributed by atoms with van der Waals surface area (Å²) in [4.78, 5) is 0. The molecule has 0 amide bonds. The van der Waals surface area contributed by atoms with Gasteiger partial charge in [0.2, 0.25) is 0 Å². The van der Waals surface area contributed by atoms with Crippen LogP contribution in [0.3, 0.4) is 0 Å². The normalized spacial score (nSPS) is 14.6. The van der Waals surface area contributed by atoms with Crippen LogP contribution in [0.4, 0.5) is 0 Å². The van der Waals surface area contributed by atoms with Crippen LogP contribution < -0.4 is 0 Å². The van der Waals surface area contributed by atoms with Crippen LogP contribution in [0.25, 0.3) is 0 Å². The van der Waals surface area contributed by atoms with E-state index in [9.17, 15) is 5.11 Å². The molecule has 126 valence electrons. The van der Waals surface area contributed by atoms with Gasteiger partial charge in [-0.2, -0.15) is 5.26 Å². The maximum absolute atomic E-state index is 9.45. The highest BCUT2D eigenvalue weighted by Crippen LogP contribution is 2.28. The molecule has 2 nitrogen and oxygen atoms in total. The van der Waals surface area contributed by atoms with Gasteiger partial charge in [0.1, 0.15) is 0 Å². The Morgan fingerprint density at radius 2 is 1.29 bits per heavy atom. The second-order valence-corrected chi connectivity index (χ2v) is 6.91. The molecular formula is C22H27NO. The molecule has 0 aliphatic heterocycles. The number of aliphatic hydroxyl groups excluding tert-OH is 1. The summed E-state index contributed by atoms with van der Waals surface area (Å²) in [6, 6.07) is 18.7. The van der Waals surface area contributed by atoms with Crippen LogP contribution in [0, 0.1) is 11.3 Å². The molecule has 0 fully saturated rings. The predicted octanol–water partition coefficient (Wildman–Crippen LogP) is 5.17. The number of hydrogen-bond donors (Lipinski definition) is 1. The Labute approximate surface area is 145 Å². The van der Waals surface area contributed by atoms with Crippen molar-refractivity contribution in [2.24, 2.45) is 0 Å². The molecule has 3 atom stereocenters. The molecule has 0 saturated heterocycles. The molecule has 2 aromatic rings. The first-order chi connectivity index (χ1) is 11.5. The Hall–Kier alpha value is -2.11. The molecule has 0 heterocycles. The summed E-state index contributed by atoms with van der Waals surface area (Å²) in [6.07, 6.45) is 2.69. The molecule has 1 N–H and O–H groups in total. The summed E-state index contributed by atoms with van der Waals surface area (Å²) in [5.41, 5.74) is 4.56. The van der Waals surface area contributed by atoms with Crippen molar-refractivity contribution < 1.29 is 5.11 Å². The Kier molecular flexibility index (Phi) is 6.58. The van der Waals surface area contributed by atoms with Crippen molar-refractivity contribution in [3.8, 4) is 6.07 Å². The summed E-state index contributed by atoms with van der Waals surface area (Å²) in [5.74, 6) is 1.01. The molecule has 2 aromatic carbocycles. The van der Waals surface area contributed by atoms with Crippen molar-refractivity contribution in [3.63, 3.8) is 0 Å². The minimum Gasteiger partial charge on any atom is -0.393 e. The average molecular weight is 321 g/mol. The van der Waals surface area contributed by atoms with Gasteiger partial charge in [-0.15, -0.1) is 0 Å². The van der Waals surface area contributed by atoms with E-state index in [0.717, 1.165) is 18.4 Å². The third kappa shape index (κ3) is 5.22. The van der Waals surface area contributed by atoms with E-state index in [1.54, 1.807) is 0 Å². The topological polar surface area (TPSA) is 44.0 Å². The maximum atomic E-state index is 9.45. The van der Waals surface area contributed by atoms with Gasteiger partial charge in [0.25, 0.3) is 0 Å². The van der Waals surface area contributed by atoms with Crippen LogP contribution >= 0.6 is 0 Å². The Morgan fingerprint density at radius 1 is 0.833 bits per heavy atom. The van der Waals surface area contributed by atoms with E-state index in [1.807, 2.05) is 19.1 Å². The van der Waals surface area contributed by atoms with Gasteiger partial charge in [0.15, 0.2) is 0 Å². The average Bonchev–Trinajstić information content (AvgIpc) is 2.59. The zero-order valence-electron chi connectivity index (χ0n) is 14.9. The first kappa shape index (κ1) is 18.2. The molecule has 0 aliphatic rings. The number of aliphatic hydroxyl groups is 1. The largest absolute Gasteiger partial charge is 0.393 e. The monoisotopic (exact) mass is 321 g/mol.